The number of halogens is 1. The van der Waals surface area contributed by atoms with E-state index < -0.39 is 36.8 Å². The summed E-state index contributed by atoms with van der Waals surface area (Å²) in [5.41, 5.74) is 0.781. The highest BCUT2D eigenvalue weighted by atomic mass is 19.1. The summed E-state index contributed by atoms with van der Waals surface area (Å²) in [6.45, 7) is -0.799. The molecule has 1 N–H and O–H groups in total. The number of nitrogens with one attached hydrogen (secondary N) is 1. The minimum absolute atomic E-state index is 0.159. The number of carbonyl (C=O) groups is 3. The largest absolute Gasteiger partial charge is 0.493 e. The maximum Gasteiger partial charge on any atom is 0.325 e. The quantitative estimate of drug-likeness (QED) is 0.553. The Kier molecular flexibility index (Phi) is 8.82. The number of methoxy groups -OCH3 is 3. The fourth-order valence-corrected chi connectivity index (χ4v) is 2.77. The number of likely N-dealkylation sites (N-methyl/N-ethyl adjacent to an activating group) is 1. The third-order valence-electron chi connectivity index (χ3n) is 4.41. The zero-order valence-corrected chi connectivity index (χ0v) is 18.3. The van der Waals surface area contributed by atoms with Gasteiger partial charge >= 0.3 is 5.97 Å². The Morgan fingerprint density at radius 1 is 1.00 bits per heavy atom. The fraction of sp³-hybridized carbons (Fsp3) is 0.318. The minimum atomic E-state index is -0.793. The molecule has 2 aromatic rings. The van der Waals surface area contributed by atoms with Crippen LogP contribution >= 0.6 is 0 Å². The third-order valence-corrected chi connectivity index (χ3v) is 4.41. The molecular formula is C22H25FN2O7. The lowest BCUT2D eigenvalue weighted by atomic mass is 10.1. The second-order valence-corrected chi connectivity index (χ2v) is 6.64. The van der Waals surface area contributed by atoms with E-state index in [2.05, 4.69) is 5.32 Å². The van der Waals surface area contributed by atoms with Crippen LogP contribution in [0.4, 0.5) is 4.39 Å². The van der Waals surface area contributed by atoms with E-state index in [9.17, 15) is 18.8 Å². The fourth-order valence-electron chi connectivity index (χ4n) is 2.77. The van der Waals surface area contributed by atoms with Crippen LogP contribution in [0, 0.1) is 5.82 Å². The summed E-state index contributed by atoms with van der Waals surface area (Å²) in [5.74, 6) is -1.35. The van der Waals surface area contributed by atoms with Crippen molar-refractivity contribution in [2.45, 2.75) is 6.54 Å². The van der Waals surface area contributed by atoms with Crippen molar-refractivity contribution in [3.05, 3.63) is 53.3 Å². The Labute approximate surface area is 185 Å². The van der Waals surface area contributed by atoms with Crippen molar-refractivity contribution in [1.82, 2.24) is 10.2 Å². The van der Waals surface area contributed by atoms with Crippen molar-refractivity contribution in [2.75, 3.05) is 41.5 Å². The molecule has 0 heterocycles. The van der Waals surface area contributed by atoms with Gasteiger partial charge in [0.05, 0.1) is 21.3 Å². The van der Waals surface area contributed by atoms with Crippen LogP contribution in [0.15, 0.2) is 36.4 Å². The molecule has 172 valence electrons. The molecule has 0 saturated carbocycles. The van der Waals surface area contributed by atoms with Crippen LogP contribution in [0.2, 0.25) is 0 Å². The van der Waals surface area contributed by atoms with Gasteiger partial charge in [-0.3, -0.25) is 14.4 Å². The van der Waals surface area contributed by atoms with Gasteiger partial charge in [-0.05, 0) is 29.8 Å². The van der Waals surface area contributed by atoms with Gasteiger partial charge in [-0.15, -0.1) is 0 Å². The van der Waals surface area contributed by atoms with Crippen LogP contribution in [-0.2, 0) is 20.9 Å². The lowest BCUT2D eigenvalue weighted by molar-refractivity contribution is -0.150. The van der Waals surface area contributed by atoms with E-state index in [0.717, 1.165) is 0 Å². The second-order valence-electron chi connectivity index (χ2n) is 6.64. The van der Waals surface area contributed by atoms with Crippen molar-refractivity contribution in [3.8, 4) is 17.2 Å². The van der Waals surface area contributed by atoms with E-state index >= 15 is 0 Å². The first kappa shape index (κ1) is 24.4. The van der Waals surface area contributed by atoms with E-state index in [1.54, 1.807) is 12.1 Å². The summed E-state index contributed by atoms with van der Waals surface area (Å²) in [6.07, 6.45) is 0. The summed E-state index contributed by atoms with van der Waals surface area (Å²) in [7, 11) is 5.78. The molecule has 0 unspecified atom stereocenters. The zero-order valence-electron chi connectivity index (χ0n) is 18.3. The highest BCUT2D eigenvalue weighted by Crippen LogP contribution is 2.38. The minimum Gasteiger partial charge on any atom is -0.493 e. The van der Waals surface area contributed by atoms with Crippen LogP contribution in [-0.4, -0.2) is 64.2 Å². The Bertz CT molecular complexity index is 955. The molecule has 0 aliphatic heterocycles. The van der Waals surface area contributed by atoms with Crippen molar-refractivity contribution in [3.63, 3.8) is 0 Å². The summed E-state index contributed by atoms with van der Waals surface area (Å²) in [6, 6.07) is 8.71. The van der Waals surface area contributed by atoms with Gasteiger partial charge in [-0.2, -0.15) is 0 Å². The molecule has 10 heteroatoms. The number of hydrogen-bond donors (Lipinski definition) is 1. The second kappa shape index (κ2) is 11.5. The molecule has 0 fully saturated rings. The summed E-state index contributed by atoms with van der Waals surface area (Å²) in [4.78, 5) is 37.7. The molecule has 2 amide bonds. The lowest BCUT2D eigenvalue weighted by Gasteiger charge is -2.17. The van der Waals surface area contributed by atoms with E-state index in [1.165, 1.54) is 57.5 Å². The van der Waals surface area contributed by atoms with E-state index in [1.807, 2.05) is 0 Å². The average Bonchev–Trinajstić information content (AvgIpc) is 2.79. The zero-order chi connectivity index (χ0) is 23.7. The highest BCUT2D eigenvalue weighted by molar-refractivity contribution is 5.97. The van der Waals surface area contributed by atoms with Gasteiger partial charge in [-0.25, -0.2) is 4.39 Å². The van der Waals surface area contributed by atoms with Gasteiger partial charge in [0.1, 0.15) is 12.4 Å². The molecule has 32 heavy (non-hydrogen) atoms. The molecule has 0 bridgehead atoms. The Hall–Kier alpha value is -3.82. The average molecular weight is 448 g/mol. The van der Waals surface area contributed by atoms with Crippen LogP contribution in [0.1, 0.15) is 15.9 Å². The number of ether oxygens (including phenoxy) is 4. The maximum absolute atomic E-state index is 13.2. The number of nitrogens with zero attached hydrogens (tertiary/aromatic N) is 1. The number of esters is 1. The topological polar surface area (TPSA) is 103 Å². The molecule has 9 nitrogen and oxygen atoms in total. The molecule has 0 aromatic heterocycles. The van der Waals surface area contributed by atoms with Crippen molar-refractivity contribution in [2.24, 2.45) is 0 Å². The predicted octanol–water partition coefficient (Wildman–Crippen LogP) is 1.78. The lowest BCUT2D eigenvalue weighted by Crippen LogP contribution is -2.34. The molecule has 0 atom stereocenters. The molecule has 0 aliphatic carbocycles. The predicted molar refractivity (Wildman–Crippen MR) is 112 cm³/mol. The Morgan fingerprint density at radius 3 is 2.22 bits per heavy atom. The number of rotatable bonds is 10. The normalized spacial score (nSPS) is 10.2. The monoisotopic (exact) mass is 448 g/mol. The standard InChI is InChI=1S/C22H25FN2O7/c1-25(12-14-6-5-7-16(23)8-14)19(26)13-32-20(27)11-24-22(28)15-9-17(29-2)21(31-4)18(10-15)30-3/h5-10H,11-13H2,1-4H3,(H,24,28). The first-order chi connectivity index (χ1) is 15.3. The highest BCUT2D eigenvalue weighted by Gasteiger charge is 2.18. The number of amides is 2. The van der Waals surface area contributed by atoms with E-state index in [-0.39, 0.29) is 23.6 Å². The van der Waals surface area contributed by atoms with Gasteiger partial charge in [0.2, 0.25) is 5.75 Å². The maximum atomic E-state index is 13.2. The smallest absolute Gasteiger partial charge is 0.325 e. The summed E-state index contributed by atoms with van der Waals surface area (Å²) >= 11 is 0. The molecule has 2 rings (SSSR count). The Balaban J connectivity index is 1.86. The number of benzene rings is 2. The number of carbonyl (C=O) groups excluding carboxylic acids is 3. The molecule has 0 spiro atoms. The van der Waals surface area contributed by atoms with E-state index in [0.29, 0.717) is 11.3 Å². The van der Waals surface area contributed by atoms with Gasteiger partial charge in [-0.1, -0.05) is 12.1 Å². The van der Waals surface area contributed by atoms with Gasteiger partial charge < -0.3 is 29.2 Å². The molecule has 0 saturated heterocycles. The molecule has 2 aromatic carbocycles. The molecule has 0 aliphatic rings. The number of hydrogen-bond acceptors (Lipinski definition) is 7. The molecular weight excluding hydrogens is 423 g/mol. The summed E-state index contributed by atoms with van der Waals surface area (Å²) < 4.78 is 33.7. The van der Waals surface area contributed by atoms with Crippen LogP contribution < -0.4 is 19.5 Å². The third kappa shape index (κ3) is 6.59. The van der Waals surface area contributed by atoms with E-state index in [4.69, 9.17) is 18.9 Å². The van der Waals surface area contributed by atoms with Gasteiger partial charge in [0.25, 0.3) is 11.8 Å². The van der Waals surface area contributed by atoms with Crippen molar-refractivity contribution >= 4 is 17.8 Å². The molecule has 0 radical (unpaired) electrons. The first-order valence-corrected chi connectivity index (χ1v) is 9.51. The van der Waals surface area contributed by atoms with Crippen molar-refractivity contribution < 1.29 is 37.7 Å². The summed E-state index contributed by atoms with van der Waals surface area (Å²) in [5, 5.41) is 2.41. The van der Waals surface area contributed by atoms with Gasteiger partial charge in [0.15, 0.2) is 18.1 Å². The van der Waals surface area contributed by atoms with Gasteiger partial charge in [0, 0.05) is 19.2 Å². The first-order valence-electron chi connectivity index (χ1n) is 9.51. The Morgan fingerprint density at radius 2 is 1.66 bits per heavy atom. The van der Waals surface area contributed by atoms with Crippen LogP contribution in [0.3, 0.4) is 0 Å². The SMILES string of the molecule is COc1cc(C(=O)NCC(=O)OCC(=O)N(C)Cc2cccc(F)c2)cc(OC)c1OC. The van der Waals surface area contributed by atoms with Crippen LogP contribution in [0.5, 0.6) is 17.2 Å². The van der Waals surface area contributed by atoms with Crippen molar-refractivity contribution in [1.29, 1.82) is 0 Å². The van der Waals surface area contributed by atoms with Crippen LogP contribution in [0.25, 0.3) is 0 Å².